The summed E-state index contributed by atoms with van der Waals surface area (Å²) in [6.07, 6.45) is 5.27. The normalized spacial score (nSPS) is 28.4. The van der Waals surface area contributed by atoms with Crippen molar-refractivity contribution in [1.82, 2.24) is 10.2 Å². The zero-order valence-corrected chi connectivity index (χ0v) is 22.8. The molecule has 1 saturated carbocycles. The molecule has 6 heteroatoms. The number of rotatable bonds is 6. The van der Waals surface area contributed by atoms with Crippen molar-refractivity contribution in [3.05, 3.63) is 34.9 Å². The molecule has 4 rings (SSSR count). The summed E-state index contributed by atoms with van der Waals surface area (Å²) in [5.41, 5.74) is -0.714. The predicted molar refractivity (Wildman–Crippen MR) is 139 cm³/mol. The third-order valence-electron chi connectivity index (χ3n) is 9.51. The third-order valence-corrected chi connectivity index (χ3v) is 9.76. The summed E-state index contributed by atoms with van der Waals surface area (Å²) in [5.74, 6) is 0.169. The van der Waals surface area contributed by atoms with Crippen molar-refractivity contribution in [2.45, 2.75) is 96.7 Å². The molecule has 192 valence electrons. The summed E-state index contributed by atoms with van der Waals surface area (Å²) >= 11 is 5.96. The van der Waals surface area contributed by atoms with E-state index in [1.807, 2.05) is 29.2 Å². The lowest BCUT2D eigenvalue weighted by molar-refractivity contribution is -0.135. The van der Waals surface area contributed by atoms with Crippen LogP contribution in [-0.4, -0.2) is 58.4 Å². The third kappa shape index (κ3) is 5.04. The number of amides is 1. The number of aliphatic hydroxyl groups is 2. The fourth-order valence-electron chi connectivity index (χ4n) is 5.26. The van der Waals surface area contributed by atoms with Crippen LogP contribution in [0.25, 0.3) is 0 Å². The van der Waals surface area contributed by atoms with Crippen LogP contribution in [0.5, 0.6) is 0 Å². The highest BCUT2D eigenvalue weighted by atomic mass is 35.5. The van der Waals surface area contributed by atoms with E-state index in [9.17, 15) is 15.0 Å². The summed E-state index contributed by atoms with van der Waals surface area (Å²) in [6, 6.07) is 7.63. The number of hydrogen-bond donors (Lipinski definition) is 3. The second-order valence-corrected chi connectivity index (χ2v) is 12.5. The summed E-state index contributed by atoms with van der Waals surface area (Å²) in [6.45, 7) is 15.5. The molecule has 3 aliphatic rings. The first-order valence-corrected chi connectivity index (χ1v) is 13.3. The fourth-order valence-corrected chi connectivity index (χ4v) is 5.38. The van der Waals surface area contributed by atoms with E-state index in [2.05, 4.69) is 46.9 Å². The van der Waals surface area contributed by atoms with Gasteiger partial charge in [0.2, 0.25) is 5.91 Å². The Morgan fingerprint density at radius 1 is 0.971 bits per heavy atom. The van der Waals surface area contributed by atoms with Crippen LogP contribution in [0.2, 0.25) is 5.02 Å². The maximum atomic E-state index is 13.1. The van der Waals surface area contributed by atoms with Crippen molar-refractivity contribution < 1.29 is 15.0 Å². The summed E-state index contributed by atoms with van der Waals surface area (Å²) < 4.78 is 0. The highest BCUT2D eigenvalue weighted by Gasteiger charge is 2.56. The van der Waals surface area contributed by atoms with E-state index >= 15 is 0 Å². The van der Waals surface area contributed by atoms with Gasteiger partial charge in [0.05, 0.1) is 16.6 Å². The number of carbonyl (C=O) groups excluding carboxylic acids is 1. The highest BCUT2D eigenvalue weighted by Crippen LogP contribution is 2.51. The lowest BCUT2D eigenvalue weighted by Crippen LogP contribution is -2.48. The first-order chi connectivity index (χ1) is 15.8. The Balaban J connectivity index is 0.000000248. The number of hydrogen-bond acceptors (Lipinski definition) is 4. The molecule has 5 nitrogen and oxygen atoms in total. The number of halogens is 1. The van der Waals surface area contributed by atoms with Gasteiger partial charge in [-0.15, -0.1) is 0 Å². The number of nitrogens with one attached hydrogen (secondary N) is 1. The van der Waals surface area contributed by atoms with Gasteiger partial charge in [-0.25, -0.2) is 0 Å². The first kappa shape index (κ1) is 27.4. The van der Waals surface area contributed by atoms with Crippen molar-refractivity contribution in [3.63, 3.8) is 0 Å². The maximum Gasteiger partial charge on any atom is 0.233 e. The molecule has 0 radical (unpaired) electrons. The van der Waals surface area contributed by atoms with Gasteiger partial charge in [-0.3, -0.25) is 4.79 Å². The van der Waals surface area contributed by atoms with E-state index in [-0.39, 0.29) is 22.2 Å². The fraction of sp³-hybridized carbons (Fsp3) is 0.750. The maximum absolute atomic E-state index is 13.1. The zero-order chi connectivity index (χ0) is 25.4. The van der Waals surface area contributed by atoms with Crippen LogP contribution >= 0.6 is 11.6 Å². The molecular weight excluding hydrogens is 448 g/mol. The second kappa shape index (κ2) is 9.72. The van der Waals surface area contributed by atoms with E-state index in [4.69, 9.17) is 11.6 Å². The van der Waals surface area contributed by atoms with Crippen LogP contribution in [0.4, 0.5) is 0 Å². The van der Waals surface area contributed by atoms with Crippen LogP contribution in [-0.2, 0) is 10.2 Å². The molecule has 2 saturated heterocycles. The van der Waals surface area contributed by atoms with Gasteiger partial charge in [0.15, 0.2) is 0 Å². The second-order valence-electron chi connectivity index (χ2n) is 12.0. The molecular formula is C28H45ClN2O3. The van der Waals surface area contributed by atoms with E-state index < -0.39 is 11.2 Å². The van der Waals surface area contributed by atoms with E-state index in [1.165, 1.54) is 0 Å². The Labute approximate surface area is 211 Å². The molecule has 0 spiro atoms. The molecule has 3 N–H and O–H groups in total. The molecule has 3 fully saturated rings. The van der Waals surface area contributed by atoms with Crippen molar-refractivity contribution in [1.29, 1.82) is 0 Å². The topological polar surface area (TPSA) is 72.8 Å². The molecule has 34 heavy (non-hydrogen) atoms. The van der Waals surface area contributed by atoms with Crippen LogP contribution in [0, 0.1) is 10.8 Å². The Kier molecular flexibility index (Phi) is 7.85. The molecule has 1 aromatic carbocycles. The smallest absolute Gasteiger partial charge is 0.233 e. The van der Waals surface area contributed by atoms with E-state index in [0.717, 1.165) is 50.8 Å². The number of benzene rings is 1. The minimum Gasteiger partial charge on any atom is -0.388 e. The molecule has 1 amide bonds. The summed E-state index contributed by atoms with van der Waals surface area (Å²) in [4.78, 5) is 15.0. The van der Waals surface area contributed by atoms with Gasteiger partial charge in [-0.2, -0.15) is 0 Å². The molecule has 2 aliphatic heterocycles. The average Bonchev–Trinajstić information content (AvgIpc) is 3.31. The summed E-state index contributed by atoms with van der Waals surface area (Å²) in [5, 5.41) is 25.1. The predicted octanol–water partition coefficient (Wildman–Crippen LogP) is 4.92. The van der Waals surface area contributed by atoms with Gasteiger partial charge in [-0.1, -0.05) is 65.3 Å². The van der Waals surface area contributed by atoms with Crippen LogP contribution in [0.1, 0.15) is 85.6 Å². The van der Waals surface area contributed by atoms with Crippen molar-refractivity contribution >= 4 is 17.5 Å². The lowest BCUT2D eigenvalue weighted by atomic mass is 9.72. The number of carbonyl (C=O) groups is 1. The van der Waals surface area contributed by atoms with Crippen LogP contribution in [0.3, 0.4) is 0 Å². The van der Waals surface area contributed by atoms with Gasteiger partial charge in [0.25, 0.3) is 0 Å². The zero-order valence-electron chi connectivity index (χ0n) is 22.0. The summed E-state index contributed by atoms with van der Waals surface area (Å²) in [7, 11) is 0. The Morgan fingerprint density at radius 2 is 1.53 bits per heavy atom. The van der Waals surface area contributed by atoms with Gasteiger partial charge < -0.3 is 20.4 Å². The van der Waals surface area contributed by atoms with Gasteiger partial charge in [0.1, 0.15) is 0 Å². The standard InChI is InChI=1S/C19H26ClNO2.C9H19NO/c1-4-17(2,3)19(23)11-12-21(13-19)16(22)18(9-10-18)14-5-7-15(20)8-6-14;1-4-8(2,3)9(11)5-6-10-7-9/h5-8,23H,4,9-13H2,1-3H3;10-11H,4-7H2,1-3H3. The molecule has 2 atom stereocenters. The lowest BCUT2D eigenvalue weighted by Gasteiger charge is -2.39. The minimum absolute atomic E-state index is 0.0521. The molecule has 1 aromatic rings. The van der Waals surface area contributed by atoms with E-state index in [1.54, 1.807) is 0 Å². The Morgan fingerprint density at radius 3 is 2.00 bits per heavy atom. The molecule has 2 unspecified atom stereocenters. The quantitative estimate of drug-likeness (QED) is 0.527. The van der Waals surface area contributed by atoms with E-state index in [0.29, 0.717) is 24.5 Å². The van der Waals surface area contributed by atoms with Gasteiger partial charge >= 0.3 is 0 Å². The number of β-amino-alcohol motifs (C(OH)–C–C–N with tert-alkyl or cyclic N) is 2. The largest absolute Gasteiger partial charge is 0.388 e. The Bertz CT molecular complexity index is 857. The molecule has 0 aromatic heterocycles. The van der Waals surface area contributed by atoms with Crippen LogP contribution in [0.15, 0.2) is 24.3 Å². The number of likely N-dealkylation sites (tertiary alicyclic amines) is 1. The van der Waals surface area contributed by atoms with Gasteiger partial charge in [-0.05, 0) is 73.6 Å². The van der Waals surface area contributed by atoms with Crippen LogP contribution < -0.4 is 5.32 Å². The van der Waals surface area contributed by atoms with Crippen molar-refractivity contribution in [2.24, 2.45) is 10.8 Å². The minimum atomic E-state index is -0.784. The molecule has 0 bridgehead atoms. The van der Waals surface area contributed by atoms with Crippen molar-refractivity contribution in [3.8, 4) is 0 Å². The average molecular weight is 493 g/mol. The molecule has 2 heterocycles. The first-order valence-electron chi connectivity index (χ1n) is 13.0. The highest BCUT2D eigenvalue weighted by molar-refractivity contribution is 6.30. The SMILES string of the molecule is CCC(C)(C)C1(O)CCN(C(=O)C2(c3ccc(Cl)cc3)CC2)C1.CCC(C)(C)C1(O)CCNC1. The van der Waals surface area contributed by atoms with Gasteiger partial charge in [0, 0.05) is 24.7 Å². The Hall–Kier alpha value is -1.14. The number of nitrogens with zero attached hydrogens (tertiary/aromatic N) is 1. The molecule has 1 aliphatic carbocycles. The monoisotopic (exact) mass is 492 g/mol. The van der Waals surface area contributed by atoms with Crippen molar-refractivity contribution in [2.75, 3.05) is 26.2 Å².